The first-order valence-electron chi connectivity index (χ1n) is 5.85. The molecule has 1 saturated heterocycles. The maximum atomic E-state index is 8.79. The largest absolute Gasteiger partial charge is 0.395 e. The molecule has 0 aliphatic carbocycles. The Labute approximate surface area is 99.7 Å². The summed E-state index contributed by atoms with van der Waals surface area (Å²) in [5, 5.41) is 17.6. The van der Waals surface area contributed by atoms with Crippen molar-refractivity contribution in [2.24, 2.45) is 0 Å². The Kier molecular flexibility index (Phi) is 2.66. The van der Waals surface area contributed by atoms with Gasteiger partial charge in [0.15, 0.2) is 0 Å². The van der Waals surface area contributed by atoms with Gasteiger partial charge in [-0.3, -0.25) is 4.98 Å². The highest BCUT2D eigenvalue weighted by molar-refractivity contribution is 5.88. The summed E-state index contributed by atoms with van der Waals surface area (Å²) in [7, 11) is 0. The van der Waals surface area contributed by atoms with E-state index in [2.05, 4.69) is 27.8 Å². The van der Waals surface area contributed by atoms with Crippen LogP contribution < -0.4 is 10.6 Å². The van der Waals surface area contributed by atoms with Crippen LogP contribution in [0.15, 0.2) is 30.5 Å². The zero-order valence-corrected chi connectivity index (χ0v) is 9.48. The molecule has 0 saturated carbocycles. The topological polar surface area (TPSA) is 67.1 Å². The van der Waals surface area contributed by atoms with Crippen LogP contribution in [0.4, 0.5) is 5.69 Å². The fourth-order valence-corrected chi connectivity index (χ4v) is 2.04. The Hall–Kier alpha value is -1.65. The molecule has 1 fully saturated rings. The fraction of sp³-hybridized carbons (Fsp3) is 0.308. The van der Waals surface area contributed by atoms with E-state index in [0.717, 1.165) is 17.9 Å². The zero-order valence-electron chi connectivity index (χ0n) is 9.48. The van der Waals surface area contributed by atoms with Crippen molar-refractivity contribution in [2.75, 3.05) is 25.0 Å². The van der Waals surface area contributed by atoms with Gasteiger partial charge in [0.05, 0.1) is 18.3 Å². The summed E-state index contributed by atoms with van der Waals surface area (Å²) in [5.41, 5.74) is 2.17. The molecule has 1 unspecified atom stereocenters. The molecule has 0 bridgehead atoms. The predicted molar refractivity (Wildman–Crippen MR) is 68.1 cm³/mol. The summed E-state index contributed by atoms with van der Waals surface area (Å²) >= 11 is 0. The highest BCUT2D eigenvalue weighted by Gasteiger charge is 2.25. The van der Waals surface area contributed by atoms with Crippen molar-refractivity contribution in [1.29, 1.82) is 0 Å². The maximum absolute atomic E-state index is 8.79. The third-order valence-electron chi connectivity index (χ3n) is 2.97. The van der Waals surface area contributed by atoms with Crippen molar-refractivity contribution in [1.82, 2.24) is 10.3 Å². The summed E-state index contributed by atoms with van der Waals surface area (Å²) in [6.07, 6.45) is 1.85. The average molecular weight is 229 g/mol. The van der Waals surface area contributed by atoms with E-state index in [1.54, 1.807) is 0 Å². The van der Waals surface area contributed by atoms with Gasteiger partial charge in [-0.25, -0.2) is 0 Å². The van der Waals surface area contributed by atoms with Gasteiger partial charge in [-0.1, -0.05) is 6.07 Å². The lowest BCUT2D eigenvalue weighted by Gasteiger charge is -2.08. The molecule has 1 atom stereocenters. The molecular weight excluding hydrogens is 214 g/mol. The predicted octanol–water partition coefficient (Wildman–Crippen LogP) is 1.28. The van der Waals surface area contributed by atoms with Crippen molar-refractivity contribution in [3.8, 4) is 0 Å². The fourth-order valence-electron chi connectivity index (χ4n) is 2.04. The number of hydrogen-bond acceptors (Lipinski definition) is 4. The second kappa shape index (κ2) is 4.31. The number of fused-ring (bicyclic) bond motifs is 1. The lowest BCUT2D eigenvalue weighted by atomic mass is 10.1. The van der Waals surface area contributed by atoms with Crippen LogP contribution in [0.25, 0.3) is 10.8 Å². The van der Waals surface area contributed by atoms with E-state index < -0.39 is 0 Å². The first kappa shape index (κ1) is 10.5. The smallest absolute Gasteiger partial charge is 0.0664 e. The summed E-state index contributed by atoms with van der Waals surface area (Å²) in [6.45, 7) is 1.75. The lowest BCUT2D eigenvalue weighted by Crippen LogP contribution is -2.05. The van der Waals surface area contributed by atoms with Crippen LogP contribution in [-0.4, -0.2) is 29.8 Å². The summed E-state index contributed by atoms with van der Waals surface area (Å²) in [5.74, 6) is 0. The molecule has 1 aromatic heterocycles. The van der Waals surface area contributed by atoms with Crippen molar-refractivity contribution in [3.63, 3.8) is 0 Å². The molecule has 1 aliphatic heterocycles. The van der Waals surface area contributed by atoms with Crippen LogP contribution in [0.1, 0.15) is 11.7 Å². The van der Waals surface area contributed by atoms with Crippen LogP contribution in [0.3, 0.4) is 0 Å². The first-order valence-corrected chi connectivity index (χ1v) is 5.85. The van der Waals surface area contributed by atoms with E-state index >= 15 is 0 Å². The highest BCUT2D eigenvalue weighted by Crippen LogP contribution is 2.28. The number of hydrogen-bond donors (Lipinski definition) is 3. The van der Waals surface area contributed by atoms with Gasteiger partial charge in [-0.15, -0.1) is 0 Å². The Morgan fingerprint density at radius 2 is 2.29 bits per heavy atom. The van der Waals surface area contributed by atoms with E-state index in [1.807, 2.05) is 18.3 Å². The number of aliphatic hydroxyl groups is 1. The first-order chi connectivity index (χ1) is 8.38. The van der Waals surface area contributed by atoms with E-state index in [9.17, 15) is 0 Å². The molecule has 4 nitrogen and oxygen atoms in total. The molecule has 88 valence electrons. The summed E-state index contributed by atoms with van der Waals surface area (Å²) in [4.78, 5) is 4.44. The summed E-state index contributed by atoms with van der Waals surface area (Å²) < 4.78 is 0. The monoisotopic (exact) mass is 229 g/mol. The van der Waals surface area contributed by atoms with Crippen molar-refractivity contribution >= 4 is 16.5 Å². The van der Waals surface area contributed by atoms with Gasteiger partial charge in [-0.2, -0.15) is 0 Å². The van der Waals surface area contributed by atoms with Crippen molar-refractivity contribution < 1.29 is 5.11 Å². The molecule has 3 rings (SSSR count). The van der Waals surface area contributed by atoms with Crippen molar-refractivity contribution in [3.05, 3.63) is 36.2 Å². The van der Waals surface area contributed by atoms with E-state index in [0.29, 0.717) is 12.6 Å². The van der Waals surface area contributed by atoms with Gasteiger partial charge in [0.2, 0.25) is 0 Å². The Balaban J connectivity index is 1.99. The van der Waals surface area contributed by atoms with Gasteiger partial charge in [0, 0.05) is 30.4 Å². The number of anilines is 1. The van der Waals surface area contributed by atoms with E-state index in [4.69, 9.17) is 5.11 Å². The average Bonchev–Trinajstić information content (AvgIpc) is 3.19. The number of nitrogens with one attached hydrogen (secondary N) is 2. The Morgan fingerprint density at radius 3 is 3.06 bits per heavy atom. The molecular formula is C13H15N3O. The third-order valence-corrected chi connectivity index (χ3v) is 2.97. The lowest BCUT2D eigenvalue weighted by molar-refractivity contribution is 0.311. The highest BCUT2D eigenvalue weighted by atomic mass is 16.3. The van der Waals surface area contributed by atoms with Crippen LogP contribution in [0.5, 0.6) is 0 Å². The number of rotatable bonds is 4. The quantitative estimate of drug-likeness (QED) is 0.691. The molecule has 0 radical (unpaired) electrons. The van der Waals surface area contributed by atoms with Gasteiger partial charge in [0.25, 0.3) is 0 Å². The van der Waals surface area contributed by atoms with E-state index in [-0.39, 0.29) is 6.61 Å². The molecule has 17 heavy (non-hydrogen) atoms. The van der Waals surface area contributed by atoms with Crippen LogP contribution in [0, 0.1) is 0 Å². The van der Waals surface area contributed by atoms with Crippen LogP contribution >= 0.6 is 0 Å². The number of aliphatic hydroxyl groups excluding tert-OH is 1. The normalized spacial score (nSPS) is 18.3. The van der Waals surface area contributed by atoms with Crippen LogP contribution in [0.2, 0.25) is 0 Å². The number of benzene rings is 1. The molecule has 0 amide bonds. The molecule has 1 aliphatic rings. The van der Waals surface area contributed by atoms with Crippen molar-refractivity contribution in [2.45, 2.75) is 6.04 Å². The summed E-state index contributed by atoms with van der Waals surface area (Å²) in [6, 6.07) is 8.67. The Bertz CT molecular complexity index is 537. The van der Waals surface area contributed by atoms with Crippen LogP contribution in [-0.2, 0) is 0 Å². The molecule has 4 heteroatoms. The maximum Gasteiger partial charge on any atom is 0.0664 e. The third kappa shape index (κ3) is 2.09. The second-order valence-electron chi connectivity index (χ2n) is 4.24. The number of pyridine rings is 1. The SMILES string of the molecule is OCCNc1ccc2c(C3CN3)nccc2c1. The van der Waals surface area contributed by atoms with Gasteiger partial charge in [-0.05, 0) is 23.6 Å². The molecule has 2 aromatic rings. The number of aromatic nitrogens is 1. The molecule has 2 heterocycles. The van der Waals surface area contributed by atoms with E-state index in [1.165, 1.54) is 10.8 Å². The minimum atomic E-state index is 0.144. The Morgan fingerprint density at radius 1 is 1.41 bits per heavy atom. The zero-order chi connectivity index (χ0) is 11.7. The number of nitrogens with zero attached hydrogens (tertiary/aromatic N) is 1. The standard InChI is InChI=1S/C13H15N3O/c17-6-5-14-10-1-2-11-9(7-10)3-4-15-13(11)12-8-16-12/h1-4,7,12,14,16-17H,5-6,8H2. The van der Waals surface area contributed by atoms with Gasteiger partial charge >= 0.3 is 0 Å². The van der Waals surface area contributed by atoms with Gasteiger partial charge < -0.3 is 15.7 Å². The minimum absolute atomic E-state index is 0.144. The molecule has 1 aromatic carbocycles. The molecule has 3 N–H and O–H groups in total. The minimum Gasteiger partial charge on any atom is -0.395 e. The molecule has 0 spiro atoms. The second-order valence-corrected chi connectivity index (χ2v) is 4.24. The van der Waals surface area contributed by atoms with Gasteiger partial charge in [0.1, 0.15) is 0 Å².